The zero-order valence-electron chi connectivity index (χ0n) is 23.0. The van der Waals surface area contributed by atoms with Gasteiger partial charge >= 0.3 is 0 Å². The molecule has 1 aliphatic heterocycles. The number of benzene rings is 3. The van der Waals surface area contributed by atoms with Gasteiger partial charge in [-0.2, -0.15) is 0 Å². The van der Waals surface area contributed by atoms with Crippen LogP contribution in [0, 0.1) is 0 Å². The van der Waals surface area contributed by atoms with Gasteiger partial charge in [0.05, 0.1) is 34.9 Å². The van der Waals surface area contributed by atoms with Crippen LogP contribution < -0.4 is 4.90 Å². The Kier molecular flexibility index (Phi) is 13.2. The number of rotatable bonds is 10. The highest BCUT2D eigenvalue weighted by Gasteiger charge is 2.43. The fraction of sp³-hybridized carbons (Fsp3) is 0.387. The van der Waals surface area contributed by atoms with Gasteiger partial charge in [-0.25, -0.2) is 0 Å². The van der Waals surface area contributed by atoms with E-state index in [0.717, 1.165) is 49.2 Å². The van der Waals surface area contributed by atoms with E-state index in [4.69, 9.17) is 27.9 Å². The summed E-state index contributed by atoms with van der Waals surface area (Å²) >= 11 is 12.7. The summed E-state index contributed by atoms with van der Waals surface area (Å²) in [7, 11) is 1.85. The lowest BCUT2D eigenvalue weighted by Gasteiger charge is -2.48. The summed E-state index contributed by atoms with van der Waals surface area (Å²) in [6.07, 6.45) is 3.44. The third-order valence-electron chi connectivity index (χ3n) is 7.39. The molecule has 0 bridgehead atoms. The van der Waals surface area contributed by atoms with E-state index in [9.17, 15) is 9.90 Å². The molecule has 6 nitrogen and oxygen atoms in total. The van der Waals surface area contributed by atoms with Crippen molar-refractivity contribution in [1.29, 1.82) is 0 Å². The predicted molar refractivity (Wildman–Crippen MR) is 166 cm³/mol. The molecule has 0 radical (unpaired) electrons. The molecule has 2 unspecified atom stereocenters. The Morgan fingerprint density at radius 3 is 2.40 bits per heavy atom. The highest BCUT2D eigenvalue weighted by atomic mass is 35.5. The Morgan fingerprint density at radius 1 is 1.07 bits per heavy atom. The topological polar surface area (TPSA) is 84.5 Å². The number of carbonyl (C=O) groups is 1. The number of nitrogens with zero attached hydrogens (tertiary/aromatic N) is 2. The van der Waals surface area contributed by atoms with Crippen molar-refractivity contribution in [3.05, 3.63) is 99.5 Å². The van der Waals surface area contributed by atoms with Crippen LogP contribution in [0.4, 0.5) is 5.69 Å². The molecule has 1 heterocycles. The molecule has 218 valence electrons. The number of anilines is 1. The summed E-state index contributed by atoms with van der Waals surface area (Å²) in [5.41, 5.74) is 3.27. The molecule has 0 aromatic heterocycles. The molecule has 3 aromatic rings. The zero-order chi connectivity index (χ0) is 27.1. The monoisotopic (exact) mass is 608 g/mol. The van der Waals surface area contributed by atoms with Gasteiger partial charge in [-0.15, -0.1) is 12.4 Å². The first kappa shape index (κ1) is 33.9. The SMILES string of the molecule is CCCCN(C)C(=O)c1ccc(N2CCC(OCCO)(c3ccccc3)CC2c2ccc(Cl)c(Cl)c2)cc1.Cl.O. The molecular weight excluding hydrogens is 571 g/mol. The number of aliphatic hydroxyl groups is 1. The van der Waals surface area contributed by atoms with Crippen LogP contribution in [0.2, 0.25) is 10.0 Å². The van der Waals surface area contributed by atoms with E-state index in [1.54, 1.807) is 4.90 Å². The van der Waals surface area contributed by atoms with Crippen molar-refractivity contribution in [2.45, 2.75) is 44.2 Å². The molecule has 9 heteroatoms. The number of hydrogen-bond acceptors (Lipinski definition) is 4. The largest absolute Gasteiger partial charge is 0.412 e. The second kappa shape index (κ2) is 15.6. The third kappa shape index (κ3) is 7.69. The maximum atomic E-state index is 12.9. The fourth-order valence-electron chi connectivity index (χ4n) is 5.28. The third-order valence-corrected chi connectivity index (χ3v) is 8.13. The molecule has 40 heavy (non-hydrogen) atoms. The number of amides is 1. The van der Waals surface area contributed by atoms with Crippen molar-refractivity contribution in [1.82, 2.24) is 4.90 Å². The van der Waals surface area contributed by atoms with Crippen molar-refractivity contribution in [2.24, 2.45) is 0 Å². The minimum absolute atomic E-state index is 0. The van der Waals surface area contributed by atoms with Gasteiger partial charge in [0.2, 0.25) is 0 Å². The second-order valence-corrected chi connectivity index (χ2v) is 10.7. The van der Waals surface area contributed by atoms with Crippen molar-refractivity contribution >= 4 is 47.2 Å². The number of carbonyl (C=O) groups excluding carboxylic acids is 1. The molecule has 1 saturated heterocycles. The van der Waals surface area contributed by atoms with E-state index in [-0.39, 0.29) is 43.0 Å². The van der Waals surface area contributed by atoms with Crippen LogP contribution in [0.15, 0.2) is 72.8 Å². The number of piperidine rings is 1. The van der Waals surface area contributed by atoms with Gasteiger partial charge in [0.15, 0.2) is 0 Å². The van der Waals surface area contributed by atoms with Crippen molar-refractivity contribution < 1.29 is 20.1 Å². The molecule has 4 rings (SSSR count). The van der Waals surface area contributed by atoms with E-state index in [2.05, 4.69) is 24.0 Å². The van der Waals surface area contributed by atoms with E-state index < -0.39 is 5.60 Å². The highest BCUT2D eigenvalue weighted by Crippen LogP contribution is 2.47. The summed E-state index contributed by atoms with van der Waals surface area (Å²) in [4.78, 5) is 17.0. The van der Waals surface area contributed by atoms with E-state index in [0.29, 0.717) is 22.0 Å². The quantitative estimate of drug-likeness (QED) is 0.277. The van der Waals surface area contributed by atoms with Gasteiger partial charge < -0.3 is 25.1 Å². The molecule has 3 N–H and O–H groups in total. The van der Waals surface area contributed by atoms with Crippen LogP contribution in [-0.4, -0.2) is 54.7 Å². The van der Waals surface area contributed by atoms with Crippen LogP contribution in [0.1, 0.15) is 60.1 Å². The van der Waals surface area contributed by atoms with Crippen molar-refractivity contribution in [3.8, 4) is 0 Å². The minimum atomic E-state index is -0.560. The maximum Gasteiger partial charge on any atom is 0.253 e. The predicted octanol–water partition coefficient (Wildman–Crippen LogP) is 6.71. The van der Waals surface area contributed by atoms with Crippen LogP contribution in [0.5, 0.6) is 0 Å². The summed E-state index contributed by atoms with van der Waals surface area (Å²) in [5, 5.41) is 10.6. The summed E-state index contributed by atoms with van der Waals surface area (Å²) < 4.78 is 6.42. The standard InChI is InChI=1S/C31H36Cl2N2O3.ClH.H2O/c1-3-4-17-34(2)30(37)23-10-13-26(14-11-23)35-18-16-31(38-20-19-36,25-8-6-5-7-9-25)22-29(35)24-12-15-27(32)28(33)21-24;;/h5-15,21,29,36H,3-4,16-20,22H2,1-2H3;1H;1H2. The Morgan fingerprint density at radius 2 is 1.77 bits per heavy atom. The maximum absolute atomic E-state index is 12.9. The molecular formula is C31H39Cl3N2O4. The van der Waals surface area contributed by atoms with Crippen LogP contribution in [0.25, 0.3) is 0 Å². The first-order valence-electron chi connectivity index (χ1n) is 13.3. The number of halogens is 3. The molecule has 1 fully saturated rings. The van der Waals surface area contributed by atoms with Crippen LogP contribution in [-0.2, 0) is 10.3 Å². The lowest BCUT2D eigenvalue weighted by Crippen LogP contribution is -2.46. The normalized spacial score (nSPS) is 18.4. The van der Waals surface area contributed by atoms with E-state index in [1.807, 2.05) is 67.7 Å². The number of aliphatic hydroxyl groups excluding tert-OH is 1. The summed E-state index contributed by atoms with van der Waals surface area (Å²) in [6.45, 7) is 3.80. The Labute approximate surface area is 253 Å². The fourth-order valence-corrected chi connectivity index (χ4v) is 5.59. The van der Waals surface area contributed by atoms with Crippen LogP contribution in [0.3, 0.4) is 0 Å². The first-order chi connectivity index (χ1) is 18.4. The molecule has 3 aromatic carbocycles. The Bertz CT molecular complexity index is 1210. The van der Waals surface area contributed by atoms with Gasteiger partial charge in [-0.3, -0.25) is 4.79 Å². The molecule has 0 spiro atoms. The van der Waals surface area contributed by atoms with E-state index >= 15 is 0 Å². The van der Waals surface area contributed by atoms with Gasteiger partial charge in [0.1, 0.15) is 0 Å². The smallest absolute Gasteiger partial charge is 0.253 e. The second-order valence-electron chi connectivity index (χ2n) is 9.90. The molecule has 1 aliphatic rings. The average molecular weight is 610 g/mol. The lowest BCUT2D eigenvalue weighted by atomic mass is 9.78. The summed E-state index contributed by atoms with van der Waals surface area (Å²) in [6, 6.07) is 23.8. The summed E-state index contributed by atoms with van der Waals surface area (Å²) in [5.74, 6) is 0.0326. The molecule has 1 amide bonds. The number of hydrogen-bond donors (Lipinski definition) is 1. The zero-order valence-corrected chi connectivity index (χ0v) is 25.3. The lowest BCUT2D eigenvalue weighted by molar-refractivity contribution is -0.0862. The van der Waals surface area contributed by atoms with Crippen molar-refractivity contribution in [2.75, 3.05) is 38.3 Å². The van der Waals surface area contributed by atoms with Crippen LogP contribution >= 0.6 is 35.6 Å². The van der Waals surface area contributed by atoms with Gasteiger partial charge in [-0.1, -0.05) is 72.9 Å². The number of unbranched alkanes of at least 4 members (excludes halogenated alkanes) is 1. The van der Waals surface area contributed by atoms with Crippen molar-refractivity contribution in [3.63, 3.8) is 0 Å². The molecule has 0 aliphatic carbocycles. The van der Waals surface area contributed by atoms with Gasteiger partial charge in [0, 0.05) is 37.8 Å². The molecule has 2 atom stereocenters. The number of ether oxygens (including phenoxy) is 1. The average Bonchev–Trinajstić information content (AvgIpc) is 2.96. The van der Waals surface area contributed by atoms with E-state index in [1.165, 1.54) is 0 Å². The Balaban J connectivity index is 0.00000280. The minimum Gasteiger partial charge on any atom is -0.412 e. The first-order valence-corrected chi connectivity index (χ1v) is 14.0. The molecule has 0 saturated carbocycles. The van der Waals surface area contributed by atoms with Gasteiger partial charge in [-0.05, 0) is 60.4 Å². The Hall–Kier alpha value is -2.32. The van der Waals surface area contributed by atoms with Gasteiger partial charge in [0.25, 0.3) is 5.91 Å². The highest BCUT2D eigenvalue weighted by molar-refractivity contribution is 6.42.